The van der Waals surface area contributed by atoms with Gasteiger partial charge >= 0.3 is 19.9 Å². The summed E-state index contributed by atoms with van der Waals surface area (Å²) in [6.07, 6.45) is 1.67. The minimum absolute atomic E-state index is 0.324. The van der Waals surface area contributed by atoms with Gasteiger partial charge in [0, 0.05) is 0 Å². The topological polar surface area (TPSA) is 159 Å². The van der Waals surface area contributed by atoms with Gasteiger partial charge in [-0.1, -0.05) is 0 Å². The molecule has 0 N–H and O–H groups in total. The molecule has 0 aliphatic rings. The molecule has 0 saturated heterocycles. The van der Waals surface area contributed by atoms with Crippen molar-refractivity contribution in [1.82, 2.24) is 19.6 Å². The third kappa shape index (κ3) is 11.0. The fourth-order valence-corrected chi connectivity index (χ4v) is 3.98. The van der Waals surface area contributed by atoms with E-state index in [0.717, 1.165) is 17.8 Å². The first-order valence-corrected chi connectivity index (χ1v) is 13.5. The number of aromatic nitrogens is 4. The summed E-state index contributed by atoms with van der Waals surface area (Å²) in [5.41, 5.74) is 2.42. The van der Waals surface area contributed by atoms with Gasteiger partial charge in [0.05, 0.1) is 35.9 Å². The lowest BCUT2D eigenvalue weighted by Gasteiger charge is -2.21. The average Bonchev–Trinajstić information content (AvgIpc) is 3.21. The number of hydrogen-bond donors (Lipinski definition) is 0. The molecule has 2 heterocycles. The third-order valence-electron chi connectivity index (χ3n) is 4.63. The summed E-state index contributed by atoms with van der Waals surface area (Å²) >= 11 is 0. The number of fused-ring (bicyclic) bond motifs is 1. The summed E-state index contributed by atoms with van der Waals surface area (Å²) in [4.78, 5) is 31.6. The van der Waals surface area contributed by atoms with Crippen molar-refractivity contribution in [2.24, 2.45) is 0 Å². The molecule has 37 heavy (non-hydrogen) atoms. The maximum Gasteiger partial charge on any atom is 0.510 e. The Morgan fingerprint density at radius 1 is 0.973 bits per heavy atom. The molecule has 0 aliphatic carbocycles. The van der Waals surface area contributed by atoms with E-state index in [1.807, 2.05) is 6.92 Å². The van der Waals surface area contributed by atoms with E-state index < -0.39 is 52.0 Å². The predicted molar refractivity (Wildman–Crippen MR) is 129 cm³/mol. The monoisotopic (exact) mass is 546 g/mol. The largest absolute Gasteiger partial charge is 0.510 e. The Morgan fingerprint density at radius 2 is 1.57 bits per heavy atom. The number of rotatable bonds is 15. The molecule has 0 fully saturated rings. The lowest BCUT2D eigenvalue weighted by molar-refractivity contribution is -0.0367. The molecular weight excluding hydrogens is 511 g/mol. The molecule has 0 aromatic carbocycles. The second kappa shape index (κ2) is 14.8. The van der Waals surface area contributed by atoms with Gasteiger partial charge in [0.2, 0.25) is 13.6 Å². The van der Waals surface area contributed by atoms with Crippen molar-refractivity contribution < 1.29 is 46.9 Å². The molecule has 0 spiro atoms. The fraction of sp³-hybridized carbons (Fsp3) is 0.682. The lowest BCUT2D eigenvalue weighted by atomic mass is 10.1. The van der Waals surface area contributed by atoms with E-state index in [9.17, 15) is 14.2 Å². The molecule has 0 aliphatic heterocycles. The number of imidazole rings is 1. The molecule has 0 bridgehead atoms. The van der Waals surface area contributed by atoms with Gasteiger partial charge in [-0.2, -0.15) is 5.10 Å². The van der Waals surface area contributed by atoms with Crippen molar-refractivity contribution in [2.45, 2.75) is 79.1 Å². The van der Waals surface area contributed by atoms with E-state index in [-0.39, 0.29) is 6.10 Å². The van der Waals surface area contributed by atoms with Crippen LogP contribution < -0.4 is 0 Å². The molecule has 2 rings (SSSR count). The van der Waals surface area contributed by atoms with Gasteiger partial charge in [-0.05, 0) is 60.8 Å². The first-order valence-electron chi connectivity index (χ1n) is 11.8. The van der Waals surface area contributed by atoms with Crippen LogP contribution in [-0.4, -0.2) is 70.1 Å². The summed E-state index contributed by atoms with van der Waals surface area (Å²) < 4.78 is 49.9. The van der Waals surface area contributed by atoms with Crippen LogP contribution in [0.4, 0.5) is 9.59 Å². The predicted octanol–water partition coefficient (Wildman–Crippen LogP) is 4.38. The van der Waals surface area contributed by atoms with Crippen molar-refractivity contribution in [2.75, 3.05) is 19.9 Å². The molecule has 15 heteroatoms. The number of carbonyl (C=O) groups excluding carboxylic acids is 2. The Morgan fingerprint density at radius 3 is 2.14 bits per heavy atom. The highest BCUT2D eigenvalue weighted by molar-refractivity contribution is 7.53. The van der Waals surface area contributed by atoms with Gasteiger partial charge in [0.1, 0.15) is 12.7 Å². The van der Waals surface area contributed by atoms with E-state index in [1.54, 1.807) is 45.3 Å². The quantitative estimate of drug-likeness (QED) is 0.176. The Balaban J connectivity index is 1.85. The Hall–Kier alpha value is -2.80. The average molecular weight is 547 g/mol. The van der Waals surface area contributed by atoms with Crippen molar-refractivity contribution in [1.29, 1.82) is 0 Å². The summed E-state index contributed by atoms with van der Waals surface area (Å²) in [7, 11) is -3.99. The van der Waals surface area contributed by atoms with Gasteiger partial charge < -0.3 is 23.7 Å². The zero-order valence-electron chi connectivity index (χ0n) is 21.9. The van der Waals surface area contributed by atoms with Crippen molar-refractivity contribution >= 4 is 25.6 Å². The molecule has 0 radical (unpaired) electrons. The molecule has 2 aromatic rings. The minimum Gasteiger partial charge on any atom is -0.432 e. The second-order valence-corrected chi connectivity index (χ2v) is 10.6. The summed E-state index contributed by atoms with van der Waals surface area (Å²) in [6.45, 7) is 8.80. The summed E-state index contributed by atoms with van der Waals surface area (Å²) in [6, 6.07) is 0. The molecular formula is C22H35N4O10P. The minimum atomic E-state index is -3.99. The van der Waals surface area contributed by atoms with Crippen LogP contribution in [0, 0.1) is 6.92 Å². The lowest BCUT2D eigenvalue weighted by Crippen LogP contribution is -2.18. The molecule has 0 amide bonds. The molecule has 0 saturated carbocycles. The maximum absolute atomic E-state index is 13.1. The van der Waals surface area contributed by atoms with Crippen LogP contribution in [0.1, 0.15) is 58.8 Å². The smallest absolute Gasteiger partial charge is 0.432 e. The van der Waals surface area contributed by atoms with E-state index in [2.05, 4.69) is 15.1 Å². The van der Waals surface area contributed by atoms with Crippen molar-refractivity contribution in [3.8, 4) is 0 Å². The molecule has 1 atom stereocenters. The molecule has 208 valence electrons. The SMILES string of the molecule is Cc1ncnn2c(CCCC(C)OCP(=O)(OCOC(=O)OC(C)C)OCOC(=O)OC(C)C)cnc12. The Labute approximate surface area is 215 Å². The highest BCUT2D eigenvalue weighted by Crippen LogP contribution is 2.48. The van der Waals surface area contributed by atoms with E-state index in [1.165, 1.54) is 6.33 Å². The third-order valence-corrected chi connectivity index (χ3v) is 6.09. The number of hydrogen-bond acceptors (Lipinski definition) is 13. The van der Waals surface area contributed by atoms with Gasteiger partial charge in [0.25, 0.3) is 0 Å². The van der Waals surface area contributed by atoms with Crippen LogP contribution in [0.15, 0.2) is 12.5 Å². The normalized spacial score (nSPS) is 12.6. The van der Waals surface area contributed by atoms with Crippen LogP contribution in [-0.2, 0) is 43.7 Å². The first-order chi connectivity index (χ1) is 17.5. The molecule has 1 unspecified atom stereocenters. The number of carbonyl (C=O) groups is 2. The van der Waals surface area contributed by atoms with Crippen LogP contribution in [0.5, 0.6) is 0 Å². The van der Waals surface area contributed by atoms with Crippen LogP contribution in [0.25, 0.3) is 5.65 Å². The van der Waals surface area contributed by atoms with Crippen molar-refractivity contribution in [3.05, 3.63) is 23.9 Å². The van der Waals surface area contributed by atoms with Gasteiger partial charge in [0.15, 0.2) is 5.65 Å². The van der Waals surface area contributed by atoms with Gasteiger partial charge in [-0.25, -0.2) is 24.1 Å². The van der Waals surface area contributed by atoms with Crippen molar-refractivity contribution in [3.63, 3.8) is 0 Å². The maximum atomic E-state index is 13.1. The first kappa shape index (κ1) is 30.4. The highest BCUT2D eigenvalue weighted by Gasteiger charge is 2.28. The molecule has 2 aromatic heterocycles. The number of nitrogens with zero attached hydrogens (tertiary/aromatic N) is 4. The van der Waals surface area contributed by atoms with Gasteiger partial charge in [-0.3, -0.25) is 13.6 Å². The molecule has 14 nitrogen and oxygen atoms in total. The zero-order valence-corrected chi connectivity index (χ0v) is 22.8. The standard InChI is InChI=1S/C22H35N4O10P/c1-15(2)35-21(27)30-12-33-37(29,34-13-31-22(28)36-16(3)4)14-32-17(5)8-7-9-19-10-23-20-18(6)24-11-25-26(19)20/h10-11,15-17H,7-9,12-14H2,1-6H3. The summed E-state index contributed by atoms with van der Waals surface area (Å²) in [5.74, 6) is 0. The number of aryl methyl sites for hydroxylation is 2. The van der Waals surface area contributed by atoms with Crippen LogP contribution in [0.2, 0.25) is 0 Å². The van der Waals surface area contributed by atoms with Crippen LogP contribution >= 0.6 is 7.60 Å². The summed E-state index contributed by atoms with van der Waals surface area (Å²) in [5, 5.41) is 4.23. The fourth-order valence-electron chi connectivity index (χ4n) is 2.90. The second-order valence-electron chi connectivity index (χ2n) is 8.56. The Bertz CT molecular complexity index is 1030. The van der Waals surface area contributed by atoms with E-state index in [4.69, 9.17) is 32.7 Å². The number of ether oxygens (including phenoxy) is 5. The van der Waals surface area contributed by atoms with Gasteiger partial charge in [-0.15, -0.1) is 0 Å². The Kier molecular flexibility index (Phi) is 12.2. The highest BCUT2D eigenvalue weighted by atomic mass is 31.2. The zero-order chi connectivity index (χ0) is 27.4. The van der Waals surface area contributed by atoms with E-state index in [0.29, 0.717) is 18.5 Å². The van der Waals surface area contributed by atoms with E-state index >= 15 is 0 Å². The van der Waals surface area contributed by atoms with Crippen LogP contribution in [0.3, 0.4) is 0 Å².